The SMILES string of the molecule is CCCCCCCCCCCCN1/C(=C\C=C2/CCCC(/C=C/C3=[N+](CCCCCCCCCCCC)c4ccccc4C3(C)C)=C2Cl)C(C)(C)c2ccccc21.[Br-]. The van der Waals surface area contributed by atoms with Gasteiger partial charge in [-0.15, -0.1) is 0 Å². The largest absolute Gasteiger partial charge is 1.00 e. The summed E-state index contributed by atoms with van der Waals surface area (Å²) in [5.41, 5.74) is 10.9. The molecule has 0 radical (unpaired) electrons. The molecule has 0 saturated carbocycles. The van der Waals surface area contributed by atoms with Gasteiger partial charge in [-0.25, -0.2) is 0 Å². The van der Waals surface area contributed by atoms with Crippen molar-refractivity contribution in [3.8, 4) is 0 Å². The van der Waals surface area contributed by atoms with E-state index in [9.17, 15) is 0 Å². The Morgan fingerprint density at radius 1 is 0.603 bits per heavy atom. The summed E-state index contributed by atoms with van der Waals surface area (Å²) < 4.78 is 2.62. The maximum Gasteiger partial charge on any atom is 0.209 e. The Morgan fingerprint density at radius 2 is 1.14 bits per heavy atom. The maximum atomic E-state index is 7.37. The second-order valence-corrected chi connectivity index (χ2v) is 19.0. The summed E-state index contributed by atoms with van der Waals surface area (Å²) in [4.78, 5) is 2.62. The van der Waals surface area contributed by atoms with Gasteiger partial charge in [-0.2, -0.15) is 4.58 Å². The third-order valence-electron chi connectivity index (χ3n) is 13.4. The van der Waals surface area contributed by atoms with Gasteiger partial charge in [0.15, 0.2) is 5.71 Å². The molecular formula is C54H80BrClN2. The number of rotatable bonds is 25. The van der Waals surface area contributed by atoms with E-state index in [-0.39, 0.29) is 27.8 Å². The summed E-state index contributed by atoms with van der Waals surface area (Å²) in [6.07, 6.45) is 40.1. The number of benzene rings is 2. The molecule has 2 aromatic carbocycles. The Balaban J connectivity index is 0.00000744. The summed E-state index contributed by atoms with van der Waals surface area (Å²) in [6.45, 7) is 16.4. The van der Waals surface area contributed by atoms with Crippen LogP contribution in [0, 0.1) is 0 Å². The standard InChI is InChI=1S/C54H80ClN2.BrH/c1-7-9-11-13-15-17-19-21-23-29-42-56-48-36-27-25-34-46(48)53(3,4)50(56)40-38-44-32-31-33-45(52(44)55)39-41-51-54(5,6)47-35-26-28-37-49(47)57(51)43-30-24-22-20-18-16-14-12-10-8-2;/h25-28,34-41H,7-24,29-33,42-43H2,1-6H3;1H/q+1;/p-1. The van der Waals surface area contributed by atoms with E-state index < -0.39 is 0 Å². The van der Waals surface area contributed by atoms with Gasteiger partial charge >= 0.3 is 0 Å². The highest BCUT2D eigenvalue weighted by molar-refractivity contribution is 6.32. The maximum absolute atomic E-state index is 7.37. The fraction of sp³-hybridized carbons (Fsp3) is 0.611. The molecule has 5 rings (SSSR count). The number of allylic oxidation sites excluding steroid dienone is 8. The molecule has 0 aromatic heterocycles. The fourth-order valence-corrected chi connectivity index (χ4v) is 10.2. The van der Waals surface area contributed by atoms with Crippen molar-refractivity contribution in [3.05, 3.63) is 106 Å². The van der Waals surface area contributed by atoms with Crippen LogP contribution in [0.5, 0.6) is 0 Å². The highest BCUT2D eigenvalue weighted by atomic mass is 79.9. The lowest BCUT2D eigenvalue weighted by atomic mass is 9.81. The van der Waals surface area contributed by atoms with Crippen molar-refractivity contribution in [2.45, 2.75) is 200 Å². The number of anilines is 1. The van der Waals surface area contributed by atoms with Crippen LogP contribution in [0.1, 0.15) is 200 Å². The summed E-state index contributed by atoms with van der Waals surface area (Å²) in [5, 5.41) is 0.957. The molecule has 320 valence electrons. The topological polar surface area (TPSA) is 6.25 Å². The minimum Gasteiger partial charge on any atom is -1.00 e. The molecule has 0 spiro atoms. The first-order valence-electron chi connectivity index (χ1n) is 23.8. The van der Waals surface area contributed by atoms with Gasteiger partial charge in [-0.1, -0.05) is 197 Å². The molecule has 0 unspecified atom stereocenters. The minimum absolute atomic E-state index is 0. The zero-order valence-corrected chi connectivity index (χ0v) is 40.1. The molecule has 58 heavy (non-hydrogen) atoms. The molecule has 2 heterocycles. The molecule has 3 aliphatic rings. The number of hydrogen-bond acceptors (Lipinski definition) is 1. The number of hydrogen-bond donors (Lipinski definition) is 0. The van der Waals surface area contributed by atoms with Crippen LogP contribution in [0.25, 0.3) is 0 Å². The minimum atomic E-state index is -0.0445. The molecule has 0 bridgehead atoms. The van der Waals surface area contributed by atoms with Gasteiger partial charge in [0.1, 0.15) is 6.54 Å². The average Bonchev–Trinajstić information content (AvgIpc) is 3.56. The van der Waals surface area contributed by atoms with E-state index >= 15 is 0 Å². The molecule has 0 N–H and O–H groups in total. The summed E-state index contributed by atoms with van der Waals surface area (Å²) >= 11 is 7.37. The highest BCUT2D eigenvalue weighted by Crippen LogP contribution is 2.48. The third kappa shape index (κ3) is 12.8. The Kier molecular flexibility index (Phi) is 20.6. The number of nitrogens with zero attached hydrogens (tertiary/aromatic N) is 2. The van der Waals surface area contributed by atoms with Crippen molar-refractivity contribution < 1.29 is 21.6 Å². The van der Waals surface area contributed by atoms with Crippen molar-refractivity contribution in [1.29, 1.82) is 0 Å². The van der Waals surface area contributed by atoms with Gasteiger partial charge in [0, 0.05) is 52.5 Å². The lowest BCUT2D eigenvalue weighted by molar-refractivity contribution is -0.438. The smallest absolute Gasteiger partial charge is 0.209 e. The predicted octanol–water partition coefficient (Wildman–Crippen LogP) is 13.7. The van der Waals surface area contributed by atoms with E-state index in [0.29, 0.717) is 0 Å². The molecule has 0 saturated heterocycles. The van der Waals surface area contributed by atoms with E-state index in [4.69, 9.17) is 11.6 Å². The summed E-state index contributed by atoms with van der Waals surface area (Å²) in [5.74, 6) is 0. The van der Waals surface area contributed by atoms with Crippen LogP contribution in [-0.2, 0) is 10.8 Å². The highest BCUT2D eigenvalue weighted by Gasteiger charge is 2.44. The first kappa shape index (κ1) is 48.3. The third-order valence-corrected chi connectivity index (χ3v) is 13.9. The van der Waals surface area contributed by atoms with E-state index in [1.54, 1.807) is 0 Å². The van der Waals surface area contributed by atoms with Crippen molar-refractivity contribution in [3.63, 3.8) is 0 Å². The van der Waals surface area contributed by atoms with Crippen molar-refractivity contribution in [2.75, 3.05) is 18.0 Å². The van der Waals surface area contributed by atoms with Crippen molar-refractivity contribution >= 4 is 28.7 Å². The molecule has 0 atom stereocenters. The second-order valence-electron chi connectivity index (χ2n) is 18.6. The molecular weight excluding hydrogens is 792 g/mol. The van der Waals surface area contributed by atoms with Crippen LogP contribution in [0.2, 0.25) is 0 Å². The quantitative estimate of drug-likeness (QED) is 0.0712. The molecule has 1 aliphatic carbocycles. The van der Waals surface area contributed by atoms with Gasteiger partial charge in [0.25, 0.3) is 0 Å². The van der Waals surface area contributed by atoms with E-state index in [2.05, 4.69) is 124 Å². The molecule has 2 nitrogen and oxygen atoms in total. The Morgan fingerprint density at radius 3 is 1.76 bits per heavy atom. The van der Waals surface area contributed by atoms with Crippen molar-refractivity contribution in [1.82, 2.24) is 0 Å². The fourth-order valence-electron chi connectivity index (χ4n) is 9.85. The van der Waals surface area contributed by atoms with Crippen LogP contribution in [0.3, 0.4) is 0 Å². The van der Waals surface area contributed by atoms with Crippen LogP contribution in [0.4, 0.5) is 11.4 Å². The lowest BCUT2D eigenvalue weighted by Gasteiger charge is -2.27. The van der Waals surface area contributed by atoms with Gasteiger partial charge < -0.3 is 21.9 Å². The van der Waals surface area contributed by atoms with E-state index in [1.807, 2.05) is 0 Å². The molecule has 2 aromatic rings. The van der Waals surface area contributed by atoms with E-state index in [0.717, 1.165) is 37.4 Å². The first-order chi connectivity index (χ1) is 27.7. The van der Waals surface area contributed by atoms with Crippen LogP contribution in [-0.4, -0.2) is 23.4 Å². The second kappa shape index (κ2) is 24.8. The normalized spacial score (nSPS) is 18.5. The number of fused-ring (bicyclic) bond motifs is 2. The zero-order chi connectivity index (χ0) is 40.5. The van der Waals surface area contributed by atoms with E-state index in [1.165, 1.54) is 173 Å². The molecule has 2 aliphatic heterocycles. The van der Waals surface area contributed by atoms with Gasteiger partial charge in [0.05, 0.1) is 5.41 Å². The van der Waals surface area contributed by atoms with Crippen molar-refractivity contribution in [2.24, 2.45) is 0 Å². The van der Waals surface area contributed by atoms with Gasteiger partial charge in [-0.05, 0) is 74.8 Å². The Hall–Kier alpha value is -2.36. The average molecular weight is 873 g/mol. The van der Waals surface area contributed by atoms with Crippen LogP contribution >= 0.6 is 11.6 Å². The first-order valence-corrected chi connectivity index (χ1v) is 24.2. The van der Waals surface area contributed by atoms with Gasteiger partial charge in [0.2, 0.25) is 5.69 Å². The number of para-hydroxylation sites is 2. The summed E-state index contributed by atoms with van der Waals surface area (Å²) in [6, 6.07) is 18.2. The molecule has 0 amide bonds. The molecule has 4 heteroatoms. The summed E-state index contributed by atoms with van der Waals surface area (Å²) in [7, 11) is 0. The zero-order valence-electron chi connectivity index (χ0n) is 37.8. The predicted molar refractivity (Wildman–Crippen MR) is 252 cm³/mol. The van der Waals surface area contributed by atoms with Crippen LogP contribution < -0.4 is 21.9 Å². The van der Waals surface area contributed by atoms with Gasteiger partial charge in [-0.3, -0.25) is 0 Å². The van der Waals surface area contributed by atoms with Crippen LogP contribution in [0.15, 0.2) is 94.7 Å². The number of unbranched alkanes of at least 4 members (excludes halogenated alkanes) is 18. The Bertz CT molecular complexity index is 1720. The monoisotopic (exact) mass is 871 g/mol. The number of halogens is 2. The molecule has 0 fully saturated rings. The lowest BCUT2D eigenvalue weighted by Crippen LogP contribution is -3.00. The Labute approximate surface area is 372 Å².